The maximum Gasteiger partial charge on any atom is 0.165 e. The molecule has 2 aliphatic rings. The van der Waals surface area contributed by atoms with Crippen molar-refractivity contribution in [1.82, 2.24) is 4.90 Å². The maximum absolute atomic E-state index is 10.2. The molecule has 126 valence electrons. The number of likely N-dealkylation sites (tertiary alicyclic amines) is 1. The lowest BCUT2D eigenvalue weighted by molar-refractivity contribution is 0.0401. The van der Waals surface area contributed by atoms with Gasteiger partial charge in [0.25, 0.3) is 0 Å². The van der Waals surface area contributed by atoms with E-state index in [4.69, 9.17) is 4.74 Å². The van der Waals surface area contributed by atoms with E-state index in [9.17, 15) is 5.11 Å². The molecule has 0 aromatic heterocycles. The summed E-state index contributed by atoms with van der Waals surface area (Å²) in [5.74, 6) is 1.000. The molecule has 0 aliphatic carbocycles. The number of rotatable bonds is 4. The maximum atomic E-state index is 10.2. The van der Waals surface area contributed by atoms with Gasteiger partial charge in [0.05, 0.1) is 0 Å². The zero-order valence-corrected chi connectivity index (χ0v) is 14.2. The summed E-state index contributed by atoms with van der Waals surface area (Å²) in [7, 11) is 0. The summed E-state index contributed by atoms with van der Waals surface area (Å²) in [5.41, 5.74) is 2.66. The van der Waals surface area contributed by atoms with E-state index in [1.165, 1.54) is 11.1 Å². The molecule has 0 amide bonds. The molecule has 0 radical (unpaired) electrons. The van der Waals surface area contributed by atoms with Crippen molar-refractivity contribution in [2.24, 2.45) is 0 Å². The van der Waals surface area contributed by atoms with Gasteiger partial charge in [0.15, 0.2) is 11.5 Å². The number of benzene rings is 2. The molecule has 1 saturated heterocycles. The van der Waals surface area contributed by atoms with Crippen molar-refractivity contribution in [2.75, 3.05) is 19.6 Å². The van der Waals surface area contributed by atoms with Crippen LogP contribution in [0.5, 0.6) is 11.5 Å². The highest BCUT2D eigenvalue weighted by Gasteiger charge is 2.51. The Kier molecular flexibility index (Phi) is 3.97. The Morgan fingerprint density at radius 1 is 1.17 bits per heavy atom. The first-order valence-corrected chi connectivity index (χ1v) is 8.98. The molecule has 4 rings (SSSR count). The summed E-state index contributed by atoms with van der Waals surface area (Å²) in [4.78, 5) is 2.51. The number of piperidine rings is 1. The van der Waals surface area contributed by atoms with Gasteiger partial charge in [-0.05, 0) is 37.4 Å². The normalized spacial score (nSPS) is 25.8. The molecule has 2 aromatic carbocycles. The first-order valence-electron chi connectivity index (χ1n) is 8.98. The SMILES string of the molecule is CCC12CCN(CCc3ccccc3)CC1Oc1c(O)cccc12. The van der Waals surface area contributed by atoms with Crippen LogP contribution in [-0.2, 0) is 11.8 Å². The smallest absolute Gasteiger partial charge is 0.165 e. The van der Waals surface area contributed by atoms with Crippen LogP contribution in [0.3, 0.4) is 0 Å². The largest absolute Gasteiger partial charge is 0.504 e. The average Bonchev–Trinajstić information content (AvgIpc) is 2.96. The number of nitrogens with zero attached hydrogens (tertiary/aromatic N) is 1. The van der Waals surface area contributed by atoms with Gasteiger partial charge < -0.3 is 9.84 Å². The molecule has 2 aliphatic heterocycles. The van der Waals surface area contributed by atoms with Gasteiger partial charge in [-0.2, -0.15) is 0 Å². The number of ether oxygens (including phenoxy) is 1. The number of aromatic hydroxyl groups is 1. The predicted octanol–water partition coefficient (Wildman–Crippen LogP) is 3.75. The van der Waals surface area contributed by atoms with Gasteiger partial charge in [0.2, 0.25) is 0 Å². The molecule has 2 heterocycles. The zero-order valence-electron chi connectivity index (χ0n) is 14.2. The summed E-state index contributed by atoms with van der Waals surface area (Å²) >= 11 is 0. The van der Waals surface area contributed by atoms with E-state index < -0.39 is 0 Å². The second-order valence-electron chi connectivity index (χ2n) is 7.06. The number of phenolic OH excluding ortho intramolecular Hbond substituents is 1. The molecule has 2 atom stereocenters. The lowest BCUT2D eigenvalue weighted by Gasteiger charge is -2.42. The van der Waals surface area contributed by atoms with Gasteiger partial charge in [-0.25, -0.2) is 0 Å². The summed E-state index contributed by atoms with van der Waals surface area (Å²) in [5, 5.41) is 10.2. The number of hydrogen-bond acceptors (Lipinski definition) is 3. The number of phenols is 1. The van der Waals surface area contributed by atoms with E-state index in [0.29, 0.717) is 5.75 Å². The van der Waals surface area contributed by atoms with Crippen LogP contribution >= 0.6 is 0 Å². The van der Waals surface area contributed by atoms with Crippen LogP contribution in [0.25, 0.3) is 0 Å². The summed E-state index contributed by atoms with van der Waals surface area (Å²) in [6.45, 7) is 5.34. The number of hydrogen-bond donors (Lipinski definition) is 1. The topological polar surface area (TPSA) is 32.7 Å². The van der Waals surface area contributed by atoms with Crippen LogP contribution in [0.15, 0.2) is 48.5 Å². The number of fused-ring (bicyclic) bond motifs is 3. The highest BCUT2D eigenvalue weighted by Crippen LogP contribution is 2.52. The molecule has 0 spiro atoms. The van der Waals surface area contributed by atoms with Gasteiger partial charge in [-0.1, -0.05) is 49.4 Å². The average molecular weight is 323 g/mol. The van der Waals surface area contributed by atoms with E-state index in [1.54, 1.807) is 6.07 Å². The monoisotopic (exact) mass is 323 g/mol. The van der Waals surface area contributed by atoms with Crippen molar-refractivity contribution in [3.63, 3.8) is 0 Å². The fraction of sp³-hybridized carbons (Fsp3) is 0.429. The van der Waals surface area contributed by atoms with Crippen LogP contribution in [0.4, 0.5) is 0 Å². The summed E-state index contributed by atoms with van der Waals surface area (Å²) in [6.07, 6.45) is 3.38. The third-order valence-electron chi connectivity index (χ3n) is 5.90. The van der Waals surface area contributed by atoms with E-state index in [1.807, 2.05) is 6.07 Å². The lowest BCUT2D eigenvalue weighted by Crippen LogP contribution is -2.53. The van der Waals surface area contributed by atoms with Gasteiger partial charge >= 0.3 is 0 Å². The quantitative estimate of drug-likeness (QED) is 0.930. The molecule has 0 bridgehead atoms. The van der Waals surface area contributed by atoms with E-state index in [2.05, 4.69) is 48.2 Å². The molecule has 24 heavy (non-hydrogen) atoms. The van der Waals surface area contributed by atoms with Crippen molar-refractivity contribution in [3.8, 4) is 11.5 Å². The van der Waals surface area contributed by atoms with Crippen molar-refractivity contribution >= 4 is 0 Å². The zero-order chi connectivity index (χ0) is 16.6. The second-order valence-corrected chi connectivity index (χ2v) is 7.06. The minimum atomic E-state index is 0.0668. The Morgan fingerprint density at radius 3 is 2.79 bits per heavy atom. The third kappa shape index (κ3) is 2.48. The Bertz CT molecular complexity index is 715. The molecular formula is C21H25NO2. The standard InChI is InChI=1S/C21H25NO2/c1-2-21-12-14-22(13-11-16-7-4-3-5-8-16)15-19(21)24-20-17(21)9-6-10-18(20)23/h3-10,19,23H,2,11-15H2,1H3. The Labute approximate surface area is 143 Å². The van der Waals surface area contributed by atoms with Crippen molar-refractivity contribution in [3.05, 3.63) is 59.7 Å². The van der Waals surface area contributed by atoms with Gasteiger partial charge in [0, 0.05) is 24.1 Å². The Balaban J connectivity index is 1.49. The summed E-state index contributed by atoms with van der Waals surface area (Å²) < 4.78 is 6.23. The molecule has 3 heteroatoms. The highest BCUT2D eigenvalue weighted by molar-refractivity contribution is 5.53. The van der Waals surface area contributed by atoms with Crippen molar-refractivity contribution in [1.29, 1.82) is 0 Å². The molecule has 0 saturated carbocycles. The van der Waals surface area contributed by atoms with Crippen molar-refractivity contribution < 1.29 is 9.84 Å². The van der Waals surface area contributed by atoms with Gasteiger partial charge in [-0.3, -0.25) is 4.90 Å². The molecule has 1 N–H and O–H groups in total. The predicted molar refractivity (Wildman–Crippen MR) is 95.7 cm³/mol. The fourth-order valence-corrected chi connectivity index (χ4v) is 4.39. The number of para-hydroxylation sites is 1. The molecule has 3 nitrogen and oxygen atoms in total. The third-order valence-corrected chi connectivity index (χ3v) is 5.90. The molecular weight excluding hydrogens is 298 g/mol. The summed E-state index contributed by atoms with van der Waals surface area (Å²) in [6, 6.07) is 16.5. The van der Waals surface area contributed by atoms with Crippen molar-refractivity contribution in [2.45, 2.75) is 37.7 Å². The van der Waals surface area contributed by atoms with Crippen LogP contribution in [0.2, 0.25) is 0 Å². The first kappa shape index (κ1) is 15.5. The first-order chi connectivity index (χ1) is 11.7. The second kappa shape index (κ2) is 6.14. The van der Waals surface area contributed by atoms with E-state index >= 15 is 0 Å². The van der Waals surface area contributed by atoms with E-state index in [0.717, 1.165) is 38.9 Å². The van der Waals surface area contributed by atoms with Crippen LogP contribution in [0.1, 0.15) is 30.9 Å². The van der Waals surface area contributed by atoms with Crippen LogP contribution in [0, 0.1) is 0 Å². The molecule has 2 aromatic rings. The van der Waals surface area contributed by atoms with Gasteiger partial charge in [-0.15, -0.1) is 0 Å². The highest BCUT2D eigenvalue weighted by atomic mass is 16.5. The molecule has 1 fully saturated rings. The Morgan fingerprint density at radius 2 is 2.00 bits per heavy atom. The van der Waals surface area contributed by atoms with E-state index in [-0.39, 0.29) is 17.3 Å². The Hall–Kier alpha value is -2.00. The lowest BCUT2D eigenvalue weighted by atomic mass is 9.70. The minimum absolute atomic E-state index is 0.0668. The minimum Gasteiger partial charge on any atom is -0.504 e. The van der Waals surface area contributed by atoms with Gasteiger partial charge in [0.1, 0.15) is 6.10 Å². The fourth-order valence-electron chi connectivity index (χ4n) is 4.39. The van der Waals surface area contributed by atoms with Crippen LogP contribution in [-0.4, -0.2) is 35.7 Å². The molecule has 2 unspecified atom stereocenters. The van der Waals surface area contributed by atoms with Crippen LogP contribution < -0.4 is 4.74 Å².